The van der Waals surface area contributed by atoms with Gasteiger partial charge < -0.3 is 10.1 Å². The largest absolute Gasteiger partial charge is 0.379 e. The second-order valence-electron chi connectivity index (χ2n) is 6.50. The first kappa shape index (κ1) is 18.0. The Balaban J connectivity index is 1.55. The number of fused-ring (bicyclic) bond motifs is 1. The molecule has 1 aliphatic heterocycles. The van der Waals surface area contributed by atoms with Crippen molar-refractivity contribution in [1.29, 1.82) is 0 Å². The number of benzene rings is 2. The van der Waals surface area contributed by atoms with E-state index in [4.69, 9.17) is 16.3 Å². The molecule has 0 bridgehead atoms. The standard InChI is InChI=1S/C20H21ClN4O2/c21-15-5-7-16(8-6-15)22-20(26)19-17-3-1-2-4-18(17)25(23-19)10-9-24-11-13-27-14-12-24/h1-8H,9-14H2,(H,22,26). The molecule has 4 rings (SSSR count). The van der Waals surface area contributed by atoms with E-state index in [0.717, 1.165) is 50.3 Å². The number of halogens is 1. The first-order valence-corrected chi connectivity index (χ1v) is 9.41. The van der Waals surface area contributed by atoms with E-state index in [1.54, 1.807) is 24.3 Å². The molecular weight excluding hydrogens is 364 g/mol. The van der Waals surface area contributed by atoms with Gasteiger partial charge in [0.15, 0.2) is 5.69 Å². The van der Waals surface area contributed by atoms with Crippen LogP contribution < -0.4 is 5.32 Å². The molecule has 0 atom stereocenters. The molecule has 0 unspecified atom stereocenters. The van der Waals surface area contributed by atoms with E-state index < -0.39 is 0 Å². The number of hydrogen-bond acceptors (Lipinski definition) is 4. The Kier molecular flexibility index (Phi) is 5.38. The van der Waals surface area contributed by atoms with Crippen LogP contribution >= 0.6 is 11.6 Å². The van der Waals surface area contributed by atoms with Gasteiger partial charge in [-0.3, -0.25) is 14.4 Å². The maximum absolute atomic E-state index is 12.8. The van der Waals surface area contributed by atoms with Gasteiger partial charge in [0.25, 0.3) is 5.91 Å². The van der Waals surface area contributed by atoms with Gasteiger partial charge >= 0.3 is 0 Å². The molecule has 2 aromatic carbocycles. The number of hydrogen-bond donors (Lipinski definition) is 1. The number of rotatable bonds is 5. The number of ether oxygens (including phenoxy) is 1. The van der Waals surface area contributed by atoms with Crippen molar-refractivity contribution in [3.8, 4) is 0 Å². The third-order valence-electron chi connectivity index (χ3n) is 4.71. The molecule has 7 heteroatoms. The first-order chi connectivity index (χ1) is 13.2. The highest BCUT2D eigenvalue weighted by Gasteiger charge is 2.18. The topological polar surface area (TPSA) is 59.4 Å². The van der Waals surface area contributed by atoms with Crippen molar-refractivity contribution in [1.82, 2.24) is 14.7 Å². The van der Waals surface area contributed by atoms with Gasteiger partial charge in [0.1, 0.15) is 0 Å². The van der Waals surface area contributed by atoms with E-state index in [-0.39, 0.29) is 5.91 Å². The van der Waals surface area contributed by atoms with E-state index in [1.165, 1.54) is 0 Å². The predicted octanol–water partition coefficient (Wildman–Crippen LogP) is 3.27. The van der Waals surface area contributed by atoms with Gasteiger partial charge in [-0.15, -0.1) is 0 Å². The highest BCUT2D eigenvalue weighted by Crippen LogP contribution is 2.21. The minimum absolute atomic E-state index is 0.223. The van der Waals surface area contributed by atoms with Crippen LogP contribution in [0, 0.1) is 0 Å². The summed E-state index contributed by atoms with van der Waals surface area (Å²) >= 11 is 5.91. The quantitative estimate of drug-likeness (QED) is 0.733. The summed E-state index contributed by atoms with van der Waals surface area (Å²) in [5.41, 5.74) is 2.09. The van der Waals surface area contributed by atoms with Crippen molar-refractivity contribution in [3.05, 3.63) is 59.2 Å². The molecular formula is C20H21ClN4O2. The fourth-order valence-electron chi connectivity index (χ4n) is 3.25. The molecule has 1 aliphatic rings. The Morgan fingerprint density at radius 3 is 2.59 bits per heavy atom. The molecule has 1 N–H and O–H groups in total. The lowest BCUT2D eigenvalue weighted by Crippen LogP contribution is -2.38. The van der Waals surface area contributed by atoms with Crippen molar-refractivity contribution < 1.29 is 9.53 Å². The van der Waals surface area contributed by atoms with E-state index in [1.807, 2.05) is 28.9 Å². The number of nitrogens with zero attached hydrogens (tertiary/aromatic N) is 3. The van der Waals surface area contributed by atoms with Gasteiger partial charge in [0.05, 0.1) is 25.3 Å². The van der Waals surface area contributed by atoms with Crippen molar-refractivity contribution in [2.45, 2.75) is 6.54 Å². The van der Waals surface area contributed by atoms with Gasteiger partial charge in [0, 0.05) is 35.7 Å². The van der Waals surface area contributed by atoms with Gasteiger partial charge in [-0.2, -0.15) is 5.10 Å². The summed E-state index contributed by atoms with van der Waals surface area (Å²) in [5.74, 6) is -0.223. The Hall–Kier alpha value is -2.41. The predicted molar refractivity (Wildman–Crippen MR) is 106 cm³/mol. The SMILES string of the molecule is O=C(Nc1ccc(Cl)cc1)c1nn(CCN2CCOCC2)c2ccccc12. The molecule has 1 amide bonds. The van der Waals surface area contributed by atoms with Crippen LogP contribution in [0.3, 0.4) is 0 Å². The van der Waals surface area contributed by atoms with Gasteiger partial charge in [-0.25, -0.2) is 0 Å². The lowest BCUT2D eigenvalue weighted by Gasteiger charge is -2.26. The fourth-order valence-corrected chi connectivity index (χ4v) is 3.38. The minimum Gasteiger partial charge on any atom is -0.379 e. The van der Waals surface area contributed by atoms with Gasteiger partial charge in [-0.05, 0) is 30.3 Å². The molecule has 0 spiro atoms. The van der Waals surface area contributed by atoms with Crippen molar-refractivity contribution in [3.63, 3.8) is 0 Å². The van der Waals surface area contributed by atoms with Gasteiger partial charge in [-0.1, -0.05) is 29.8 Å². The number of para-hydroxylation sites is 1. The van der Waals surface area contributed by atoms with Crippen LogP contribution in [-0.2, 0) is 11.3 Å². The van der Waals surface area contributed by atoms with E-state index in [0.29, 0.717) is 16.4 Å². The van der Waals surface area contributed by atoms with Crippen LogP contribution in [-0.4, -0.2) is 53.4 Å². The summed E-state index contributed by atoms with van der Waals surface area (Å²) in [7, 11) is 0. The lowest BCUT2D eigenvalue weighted by atomic mass is 10.2. The molecule has 0 radical (unpaired) electrons. The van der Waals surface area contributed by atoms with Crippen molar-refractivity contribution >= 4 is 34.1 Å². The molecule has 3 aromatic rings. The molecule has 140 valence electrons. The van der Waals surface area contributed by atoms with E-state index >= 15 is 0 Å². The highest BCUT2D eigenvalue weighted by molar-refractivity contribution is 6.30. The van der Waals surface area contributed by atoms with Crippen LogP contribution in [0.5, 0.6) is 0 Å². The van der Waals surface area contributed by atoms with Crippen molar-refractivity contribution in [2.75, 3.05) is 38.2 Å². The number of morpholine rings is 1. The number of nitrogens with one attached hydrogen (secondary N) is 1. The van der Waals surface area contributed by atoms with Gasteiger partial charge in [0.2, 0.25) is 0 Å². The Bertz CT molecular complexity index is 933. The number of aromatic nitrogens is 2. The zero-order chi connectivity index (χ0) is 18.6. The zero-order valence-corrected chi connectivity index (χ0v) is 15.7. The second-order valence-corrected chi connectivity index (χ2v) is 6.94. The molecule has 0 aliphatic carbocycles. The first-order valence-electron chi connectivity index (χ1n) is 9.03. The smallest absolute Gasteiger partial charge is 0.276 e. The maximum atomic E-state index is 12.8. The average molecular weight is 385 g/mol. The van der Waals surface area contributed by atoms with E-state index in [2.05, 4.69) is 15.3 Å². The van der Waals surface area contributed by atoms with Crippen LogP contribution in [0.2, 0.25) is 5.02 Å². The van der Waals surface area contributed by atoms with Crippen LogP contribution in [0.25, 0.3) is 10.9 Å². The summed E-state index contributed by atoms with van der Waals surface area (Å²) < 4.78 is 7.31. The normalized spacial score (nSPS) is 15.1. The van der Waals surface area contributed by atoms with Crippen molar-refractivity contribution in [2.24, 2.45) is 0 Å². The fraction of sp³-hybridized carbons (Fsp3) is 0.300. The Morgan fingerprint density at radius 1 is 1.07 bits per heavy atom. The Morgan fingerprint density at radius 2 is 1.81 bits per heavy atom. The molecule has 1 aromatic heterocycles. The molecule has 2 heterocycles. The summed E-state index contributed by atoms with van der Waals surface area (Å²) in [6, 6.07) is 14.9. The molecule has 0 saturated carbocycles. The van der Waals surface area contributed by atoms with E-state index in [9.17, 15) is 4.79 Å². The third-order valence-corrected chi connectivity index (χ3v) is 4.96. The summed E-state index contributed by atoms with van der Waals surface area (Å²) in [6.45, 7) is 5.03. The molecule has 27 heavy (non-hydrogen) atoms. The number of amides is 1. The molecule has 1 saturated heterocycles. The molecule has 6 nitrogen and oxygen atoms in total. The number of anilines is 1. The number of carbonyl (C=O) groups is 1. The summed E-state index contributed by atoms with van der Waals surface area (Å²) in [4.78, 5) is 15.1. The lowest BCUT2D eigenvalue weighted by molar-refractivity contribution is 0.0361. The minimum atomic E-state index is -0.223. The highest BCUT2D eigenvalue weighted by atomic mass is 35.5. The monoisotopic (exact) mass is 384 g/mol. The summed E-state index contributed by atoms with van der Waals surface area (Å²) in [6.07, 6.45) is 0. The summed E-state index contributed by atoms with van der Waals surface area (Å²) in [5, 5.41) is 8.99. The number of carbonyl (C=O) groups excluding carboxylic acids is 1. The molecule has 1 fully saturated rings. The third kappa shape index (κ3) is 4.13. The zero-order valence-electron chi connectivity index (χ0n) is 14.9. The Labute approximate surface area is 162 Å². The average Bonchev–Trinajstić information content (AvgIpc) is 3.08. The van der Waals surface area contributed by atoms with Crippen LogP contribution in [0.15, 0.2) is 48.5 Å². The second kappa shape index (κ2) is 8.08. The maximum Gasteiger partial charge on any atom is 0.276 e. The van der Waals surface area contributed by atoms with Crippen LogP contribution in [0.1, 0.15) is 10.5 Å². The van der Waals surface area contributed by atoms with Crippen LogP contribution in [0.4, 0.5) is 5.69 Å².